The molecule has 1 fully saturated rings. The number of nitro benzene ring substituents is 1. The molecule has 28 heavy (non-hydrogen) atoms. The Morgan fingerprint density at radius 2 is 2.14 bits per heavy atom. The van der Waals surface area contributed by atoms with Crippen LogP contribution in [0.25, 0.3) is 0 Å². The van der Waals surface area contributed by atoms with Crippen molar-refractivity contribution in [3.63, 3.8) is 0 Å². The number of nitro groups is 1. The number of nitrogens with one attached hydrogen (secondary N) is 2. The maximum atomic E-state index is 12.7. The topological polar surface area (TPSA) is 122 Å². The zero-order valence-corrected chi connectivity index (χ0v) is 15.9. The lowest BCUT2D eigenvalue weighted by Gasteiger charge is -2.16. The molecule has 1 aromatic heterocycles. The van der Waals surface area contributed by atoms with Crippen LogP contribution in [0.5, 0.6) is 0 Å². The van der Waals surface area contributed by atoms with E-state index in [0.29, 0.717) is 18.7 Å². The fourth-order valence-electron chi connectivity index (χ4n) is 3.10. The number of nitrogens with zero attached hydrogens (tertiary/aromatic N) is 4. The van der Waals surface area contributed by atoms with Crippen LogP contribution in [0.15, 0.2) is 30.6 Å². The predicted molar refractivity (Wildman–Crippen MR) is 103 cm³/mol. The first-order valence-corrected chi connectivity index (χ1v) is 8.92. The third kappa shape index (κ3) is 3.95. The van der Waals surface area contributed by atoms with Crippen LogP contribution in [-0.2, 0) is 11.8 Å². The number of carbonyl (C=O) groups excluding carboxylic acids is 2. The van der Waals surface area contributed by atoms with Crippen LogP contribution < -0.4 is 15.5 Å². The minimum absolute atomic E-state index is 0.0843. The Morgan fingerprint density at radius 1 is 1.39 bits per heavy atom. The molecular formula is C18H22N6O4. The summed E-state index contributed by atoms with van der Waals surface area (Å²) in [5, 5.41) is 21.2. The van der Waals surface area contributed by atoms with E-state index in [2.05, 4.69) is 15.7 Å². The van der Waals surface area contributed by atoms with Gasteiger partial charge in [0.1, 0.15) is 11.7 Å². The van der Waals surface area contributed by atoms with Crippen molar-refractivity contribution in [3.8, 4) is 0 Å². The molecule has 0 aliphatic carbocycles. The first kappa shape index (κ1) is 19.3. The zero-order chi connectivity index (χ0) is 20.4. The fourth-order valence-corrected chi connectivity index (χ4v) is 3.10. The Labute approximate surface area is 161 Å². The number of carbonyl (C=O) groups is 2. The standard InChI is InChI=1S/C18H22N6O4/c1-11(2)20-17(25)12-4-5-14(16(8-12)24(27)28)21-15-6-7-23(18(15)26)13-9-19-22(3)10-13/h4-5,8-11,15,21H,6-7H2,1-3H3,(H,20,25). The number of benzene rings is 1. The highest BCUT2D eigenvalue weighted by Crippen LogP contribution is 2.29. The Balaban J connectivity index is 1.79. The highest BCUT2D eigenvalue weighted by atomic mass is 16.6. The minimum Gasteiger partial charge on any atom is -0.368 e. The Morgan fingerprint density at radius 3 is 2.75 bits per heavy atom. The maximum absolute atomic E-state index is 12.7. The van der Waals surface area contributed by atoms with Crippen LogP contribution in [0, 0.1) is 10.1 Å². The second-order valence-electron chi connectivity index (χ2n) is 6.96. The quantitative estimate of drug-likeness (QED) is 0.575. The lowest BCUT2D eigenvalue weighted by atomic mass is 10.1. The fraction of sp³-hybridized carbons (Fsp3) is 0.389. The first-order chi connectivity index (χ1) is 13.3. The number of hydrogen-bond acceptors (Lipinski definition) is 6. The number of anilines is 2. The van der Waals surface area contributed by atoms with Gasteiger partial charge in [0.05, 0.1) is 16.8 Å². The van der Waals surface area contributed by atoms with Gasteiger partial charge in [-0.2, -0.15) is 5.10 Å². The van der Waals surface area contributed by atoms with Gasteiger partial charge in [-0.15, -0.1) is 0 Å². The summed E-state index contributed by atoms with van der Waals surface area (Å²) >= 11 is 0. The average molecular weight is 386 g/mol. The first-order valence-electron chi connectivity index (χ1n) is 8.92. The zero-order valence-electron chi connectivity index (χ0n) is 15.9. The van der Waals surface area contributed by atoms with Gasteiger partial charge in [-0.05, 0) is 32.4 Å². The minimum atomic E-state index is -0.589. The van der Waals surface area contributed by atoms with E-state index in [1.807, 2.05) is 13.8 Å². The van der Waals surface area contributed by atoms with E-state index in [0.717, 1.165) is 0 Å². The number of aryl methyl sites for hydroxylation is 1. The van der Waals surface area contributed by atoms with Crippen molar-refractivity contribution in [3.05, 3.63) is 46.3 Å². The molecule has 1 aliphatic rings. The van der Waals surface area contributed by atoms with Crippen molar-refractivity contribution < 1.29 is 14.5 Å². The molecule has 10 nitrogen and oxygen atoms in total. The van der Waals surface area contributed by atoms with Gasteiger partial charge in [0.2, 0.25) is 5.91 Å². The van der Waals surface area contributed by atoms with E-state index in [-0.39, 0.29) is 34.8 Å². The summed E-state index contributed by atoms with van der Waals surface area (Å²) in [7, 11) is 1.76. The Bertz CT molecular complexity index is 923. The molecule has 148 valence electrons. The summed E-state index contributed by atoms with van der Waals surface area (Å²) in [6, 6.07) is 3.52. The van der Waals surface area contributed by atoms with Gasteiger partial charge in [-0.1, -0.05) is 0 Å². The van der Waals surface area contributed by atoms with Gasteiger partial charge >= 0.3 is 0 Å². The summed E-state index contributed by atoms with van der Waals surface area (Å²) in [6.07, 6.45) is 3.84. The van der Waals surface area contributed by atoms with Gasteiger partial charge in [0.15, 0.2) is 0 Å². The van der Waals surface area contributed by atoms with E-state index < -0.39 is 11.0 Å². The molecule has 2 amide bonds. The lowest BCUT2D eigenvalue weighted by Crippen LogP contribution is -2.33. The Kier molecular flexibility index (Phi) is 5.30. The van der Waals surface area contributed by atoms with Crippen LogP contribution in [0.1, 0.15) is 30.6 Å². The van der Waals surface area contributed by atoms with Crippen LogP contribution in [0.4, 0.5) is 17.1 Å². The van der Waals surface area contributed by atoms with Crippen molar-refractivity contribution >= 4 is 28.9 Å². The molecule has 3 rings (SSSR count). The average Bonchev–Trinajstić information content (AvgIpc) is 3.20. The van der Waals surface area contributed by atoms with E-state index >= 15 is 0 Å². The van der Waals surface area contributed by atoms with Crippen molar-refractivity contribution in [2.24, 2.45) is 7.05 Å². The van der Waals surface area contributed by atoms with E-state index in [9.17, 15) is 19.7 Å². The van der Waals surface area contributed by atoms with Crippen LogP contribution >= 0.6 is 0 Å². The van der Waals surface area contributed by atoms with Crippen molar-refractivity contribution in [1.29, 1.82) is 0 Å². The van der Waals surface area contributed by atoms with Crippen LogP contribution in [0.3, 0.4) is 0 Å². The summed E-state index contributed by atoms with van der Waals surface area (Å²) in [5.74, 6) is -0.562. The third-order valence-corrected chi connectivity index (χ3v) is 4.41. The van der Waals surface area contributed by atoms with Gasteiger partial charge < -0.3 is 15.5 Å². The molecule has 2 aromatic rings. The second kappa shape index (κ2) is 7.67. The molecule has 1 aliphatic heterocycles. The normalized spacial score (nSPS) is 16.5. The van der Waals surface area contributed by atoms with Crippen LogP contribution in [-0.4, -0.2) is 45.1 Å². The SMILES string of the molecule is CC(C)NC(=O)c1ccc(NC2CCN(c3cnn(C)c3)C2=O)c([N+](=O)[O-])c1. The Hall–Kier alpha value is -3.43. The molecule has 2 N–H and O–H groups in total. The third-order valence-electron chi connectivity index (χ3n) is 4.41. The second-order valence-corrected chi connectivity index (χ2v) is 6.96. The maximum Gasteiger partial charge on any atom is 0.293 e. The van der Waals surface area contributed by atoms with Crippen LogP contribution in [0.2, 0.25) is 0 Å². The molecule has 1 atom stereocenters. The van der Waals surface area contributed by atoms with Gasteiger partial charge in [0.25, 0.3) is 11.6 Å². The van der Waals surface area contributed by atoms with E-state index in [1.54, 1.807) is 29.0 Å². The summed E-state index contributed by atoms with van der Waals surface area (Å²) < 4.78 is 1.61. The molecule has 2 heterocycles. The van der Waals surface area contributed by atoms with Gasteiger partial charge in [0, 0.05) is 37.5 Å². The van der Waals surface area contributed by atoms with E-state index in [4.69, 9.17) is 0 Å². The molecule has 0 saturated carbocycles. The number of amides is 2. The summed E-state index contributed by atoms with van der Waals surface area (Å²) in [5.41, 5.74) is 0.842. The van der Waals surface area contributed by atoms with E-state index in [1.165, 1.54) is 18.2 Å². The molecular weight excluding hydrogens is 364 g/mol. The van der Waals surface area contributed by atoms with Gasteiger partial charge in [-0.3, -0.25) is 24.4 Å². The monoisotopic (exact) mass is 386 g/mol. The number of rotatable bonds is 6. The number of aromatic nitrogens is 2. The lowest BCUT2D eigenvalue weighted by molar-refractivity contribution is -0.384. The molecule has 0 radical (unpaired) electrons. The highest BCUT2D eigenvalue weighted by molar-refractivity contribution is 6.01. The van der Waals surface area contributed by atoms with Gasteiger partial charge in [-0.25, -0.2) is 0 Å². The number of hydrogen-bond donors (Lipinski definition) is 2. The molecule has 1 unspecified atom stereocenters. The highest BCUT2D eigenvalue weighted by Gasteiger charge is 2.34. The summed E-state index contributed by atoms with van der Waals surface area (Å²) in [6.45, 7) is 4.11. The smallest absolute Gasteiger partial charge is 0.293 e. The molecule has 10 heteroatoms. The largest absolute Gasteiger partial charge is 0.368 e. The van der Waals surface area contributed by atoms with Crippen molar-refractivity contribution in [1.82, 2.24) is 15.1 Å². The molecule has 0 bridgehead atoms. The molecule has 1 aromatic carbocycles. The summed E-state index contributed by atoms with van der Waals surface area (Å²) in [4.78, 5) is 37.3. The predicted octanol–water partition coefficient (Wildman–Crippen LogP) is 1.68. The van der Waals surface area contributed by atoms with Crippen molar-refractivity contribution in [2.45, 2.75) is 32.4 Å². The molecule has 1 saturated heterocycles. The molecule has 0 spiro atoms. The van der Waals surface area contributed by atoms with Crippen molar-refractivity contribution in [2.75, 3.05) is 16.8 Å².